The van der Waals surface area contributed by atoms with Gasteiger partial charge in [-0.1, -0.05) is 48.5 Å². The summed E-state index contributed by atoms with van der Waals surface area (Å²) >= 11 is 1.60. The van der Waals surface area contributed by atoms with Crippen molar-refractivity contribution in [3.8, 4) is 6.07 Å². The van der Waals surface area contributed by atoms with Crippen LogP contribution in [-0.4, -0.2) is 26.2 Å². The van der Waals surface area contributed by atoms with E-state index in [0.717, 1.165) is 54.5 Å². The minimum absolute atomic E-state index is 0. The predicted molar refractivity (Wildman–Crippen MR) is 115 cm³/mol. The Morgan fingerprint density at radius 3 is 2.74 bits per heavy atom. The first-order chi connectivity index (χ1) is 12.8. The van der Waals surface area contributed by atoms with Gasteiger partial charge in [-0.3, -0.25) is 0 Å². The van der Waals surface area contributed by atoms with Crippen LogP contribution in [0.2, 0.25) is 0 Å². The van der Waals surface area contributed by atoms with Crippen molar-refractivity contribution in [2.45, 2.75) is 39.2 Å². The normalized spacial score (nSPS) is 18.1. The number of aromatic nitrogens is 3. The average Bonchev–Trinajstić information content (AvgIpc) is 3.21. The maximum Gasteiger partial charge on any atom is 0.177 e. The number of rotatable bonds is 3. The van der Waals surface area contributed by atoms with E-state index >= 15 is 0 Å². The molecule has 0 saturated heterocycles. The summed E-state index contributed by atoms with van der Waals surface area (Å²) < 4.78 is 2.15. The fourth-order valence-corrected chi connectivity index (χ4v) is 4.65. The van der Waals surface area contributed by atoms with E-state index < -0.39 is 0 Å². The van der Waals surface area contributed by atoms with Crippen molar-refractivity contribution >= 4 is 40.0 Å². The molecule has 0 unspecified atom stereocenters. The van der Waals surface area contributed by atoms with Crippen molar-refractivity contribution in [2.24, 2.45) is 0 Å². The van der Waals surface area contributed by atoms with Gasteiger partial charge in [0.1, 0.15) is 22.5 Å². The van der Waals surface area contributed by atoms with Gasteiger partial charge >= 0.3 is 0 Å². The maximum absolute atomic E-state index is 9.95. The van der Waals surface area contributed by atoms with Crippen LogP contribution in [0.5, 0.6) is 0 Å². The molecule has 1 aromatic heterocycles. The Kier molecular flexibility index (Phi) is 6.40. The van der Waals surface area contributed by atoms with Crippen LogP contribution in [0, 0.1) is 11.3 Å². The minimum Gasteiger partial charge on any atom is -0.334 e. The first-order valence-corrected chi connectivity index (χ1v) is 9.98. The zero-order chi connectivity index (χ0) is 17.9. The second kappa shape index (κ2) is 8.77. The van der Waals surface area contributed by atoms with Gasteiger partial charge in [0, 0.05) is 24.9 Å². The van der Waals surface area contributed by atoms with Gasteiger partial charge in [0.2, 0.25) is 0 Å². The van der Waals surface area contributed by atoms with Gasteiger partial charge < -0.3 is 9.47 Å². The molecule has 0 bridgehead atoms. The van der Waals surface area contributed by atoms with Gasteiger partial charge in [-0.15, -0.1) is 27.2 Å². The standard InChI is InChI=1S/C20H21N5S.BrH/c1-2-24-17(15-9-5-3-6-10-15)14-26-20(24)16(13-21)19-23-22-18-11-7-4-8-12-25(18)19;/h3,5-6,9-10,14H,2,4,7-8,11-12H2,1H3;1H/b20-16-;. The van der Waals surface area contributed by atoms with Crippen molar-refractivity contribution in [2.75, 3.05) is 6.54 Å². The third-order valence-electron chi connectivity index (χ3n) is 4.86. The van der Waals surface area contributed by atoms with Gasteiger partial charge in [-0.25, -0.2) is 0 Å². The van der Waals surface area contributed by atoms with Crippen LogP contribution < -0.4 is 0 Å². The molecule has 0 atom stereocenters. The molecule has 0 amide bonds. The van der Waals surface area contributed by atoms with Gasteiger partial charge in [0.25, 0.3) is 0 Å². The lowest BCUT2D eigenvalue weighted by atomic mass is 10.1. The lowest BCUT2D eigenvalue weighted by Gasteiger charge is -2.22. The molecule has 2 aliphatic heterocycles. The molecular formula is C20H22BrN5S. The zero-order valence-corrected chi connectivity index (χ0v) is 17.8. The van der Waals surface area contributed by atoms with Gasteiger partial charge in [-0.2, -0.15) is 5.26 Å². The topological polar surface area (TPSA) is 57.7 Å². The molecule has 0 radical (unpaired) electrons. The largest absolute Gasteiger partial charge is 0.334 e. The van der Waals surface area contributed by atoms with Crippen molar-refractivity contribution in [1.82, 2.24) is 19.7 Å². The first-order valence-electron chi connectivity index (χ1n) is 9.10. The number of halogens is 1. The number of thioether (sulfide) groups is 1. The Morgan fingerprint density at radius 2 is 2.00 bits per heavy atom. The molecule has 0 aliphatic carbocycles. The molecule has 2 aromatic rings. The highest BCUT2D eigenvalue weighted by molar-refractivity contribution is 8.93. The van der Waals surface area contributed by atoms with Crippen molar-refractivity contribution in [3.63, 3.8) is 0 Å². The minimum atomic E-state index is 0. The molecule has 2 aliphatic rings. The van der Waals surface area contributed by atoms with E-state index in [4.69, 9.17) is 0 Å². The highest BCUT2D eigenvalue weighted by Gasteiger charge is 2.28. The molecule has 1 aromatic carbocycles. The summed E-state index contributed by atoms with van der Waals surface area (Å²) in [5.74, 6) is 1.72. The summed E-state index contributed by atoms with van der Waals surface area (Å²) in [5.41, 5.74) is 2.92. The van der Waals surface area contributed by atoms with Crippen molar-refractivity contribution in [1.29, 1.82) is 5.26 Å². The Labute approximate surface area is 174 Å². The highest BCUT2D eigenvalue weighted by Crippen LogP contribution is 2.42. The first kappa shape index (κ1) is 19.7. The van der Waals surface area contributed by atoms with E-state index in [1.165, 1.54) is 6.42 Å². The van der Waals surface area contributed by atoms with E-state index in [-0.39, 0.29) is 17.0 Å². The number of benzene rings is 1. The maximum atomic E-state index is 9.95. The Balaban J connectivity index is 0.00000210. The number of hydrogen-bond acceptors (Lipinski definition) is 5. The second-order valence-corrected chi connectivity index (χ2v) is 7.28. The number of nitriles is 1. The molecule has 0 fully saturated rings. The third-order valence-corrected chi connectivity index (χ3v) is 5.85. The summed E-state index contributed by atoms with van der Waals surface area (Å²) in [6.45, 7) is 3.81. The van der Waals surface area contributed by atoms with Gasteiger partial charge in [-0.05, 0) is 25.3 Å². The average molecular weight is 444 g/mol. The summed E-state index contributed by atoms with van der Waals surface area (Å²) in [6.07, 6.45) is 4.41. The summed E-state index contributed by atoms with van der Waals surface area (Å²) in [6, 6.07) is 12.7. The molecule has 5 nitrogen and oxygen atoms in total. The lowest BCUT2D eigenvalue weighted by molar-refractivity contribution is 0.556. The van der Waals surface area contributed by atoms with Crippen molar-refractivity contribution < 1.29 is 0 Å². The molecular weight excluding hydrogens is 422 g/mol. The lowest BCUT2D eigenvalue weighted by Crippen LogP contribution is -2.18. The second-order valence-electron chi connectivity index (χ2n) is 6.43. The molecule has 27 heavy (non-hydrogen) atoms. The molecule has 3 heterocycles. The van der Waals surface area contributed by atoms with Gasteiger partial charge in [0.05, 0.1) is 5.70 Å². The van der Waals surface area contributed by atoms with Crippen LogP contribution in [0.4, 0.5) is 0 Å². The fraction of sp³-hybridized carbons (Fsp3) is 0.350. The summed E-state index contributed by atoms with van der Waals surface area (Å²) in [4.78, 5) is 2.21. The molecule has 7 heteroatoms. The monoisotopic (exact) mass is 443 g/mol. The van der Waals surface area contributed by atoms with Crippen LogP contribution in [0.1, 0.15) is 43.4 Å². The third kappa shape index (κ3) is 3.69. The van der Waals surface area contributed by atoms with Crippen LogP contribution in [0.15, 0.2) is 40.8 Å². The SMILES string of the molecule is Br.CCN1C(c2ccccc2)=CS/C1=C(/C#N)c1nnc2n1CCCCC2. The van der Waals surface area contributed by atoms with E-state index in [2.05, 4.69) is 50.2 Å². The van der Waals surface area contributed by atoms with Crippen LogP contribution in [-0.2, 0) is 13.0 Å². The zero-order valence-electron chi connectivity index (χ0n) is 15.3. The molecule has 0 N–H and O–H groups in total. The molecule has 0 saturated carbocycles. The number of fused-ring (bicyclic) bond motifs is 1. The Hall–Kier alpha value is -2.04. The Morgan fingerprint density at radius 1 is 1.19 bits per heavy atom. The number of nitrogens with zero attached hydrogens (tertiary/aromatic N) is 5. The van der Waals surface area contributed by atoms with E-state index in [1.54, 1.807) is 11.8 Å². The number of allylic oxidation sites excluding steroid dienone is 1. The number of hydrogen-bond donors (Lipinski definition) is 0. The van der Waals surface area contributed by atoms with E-state index in [1.807, 2.05) is 18.2 Å². The van der Waals surface area contributed by atoms with E-state index in [9.17, 15) is 5.26 Å². The Bertz CT molecular complexity index is 910. The molecule has 0 spiro atoms. The summed E-state index contributed by atoms with van der Waals surface area (Å²) in [7, 11) is 0. The van der Waals surface area contributed by atoms with Crippen LogP contribution in [0.25, 0.3) is 11.3 Å². The quantitative estimate of drug-likeness (QED) is 0.634. The van der Waals surface area contributed by atoms with Crippen LogP contribution >= 0.6 is 28.7 Å². The fourth-order valence-electron chi connectivity index (χ4n) is 3.55. The molecule has 4 rings (SSSR count). The van der Waals surface area contributed by atoms with Crippen LogP contribution in [0.3, 0.4) is 0 Å². The summed E-state index contributed by atoms with van der Waals surface area (Å²) in [5, 5.41) is 21.8. The van der Waals surface area contributed by atoms with E-state index in [0.29, 0.717) is 11.4 Å². The predicted octanol–water partition coefficient (Wildman–Crippen LogP) is 4.84. The highest BCUT2D eigenvalue weighted by atomic mass is 79.9. The smallest absolute Gasteiger partial charge is 0.177 e. The van der Waals surface area contributed by atoms with Crippen molar-refractivity contribution in [3.05, 3.63) is 58.0 Å². The van der Waals surface area contributed by atoms with Gasteiger partial charge in [0.15, 0.2) is 5.82 Å². The number of aryl methyl sites for hydroxylation is 1. The molecule has 140 valence electrons.